The van der Waals surface area contributed by atoms with Crippen molar-refractivity contribution in [3.8, 4) is 11.5 Å². The predicted octanol–water partition coefficient (Wildman–Crippen LogP) is 6.65. The standard InChI is InChI=1S/C31H29BrClN3O5S/c1-21-8-12-25(13-9-21)36(42(38,39)26-14-10-22(2)11-15-26)19-30(37)35-34-18-23-16-27(32)31(29(17-23)40-3)41-20-24-6-4-5-7-28(24)33/h4-18H,19-20H2,1-3H3,(H,35,37)/b34-18-. The Morgan fingerprint density at radius 3 is 2.29 bits per heavy atom. The van der Waals surface area contributed by atoms with E-state index in [4.69, 9.17) is 21.1 Å². The van der Waals surface area contributed by atoms with E-state index in [2.05, 4.69) is 26.5 Å². The highest BCUT2D eigenvalue weighted by molar-refractivity contribution is 9.10. The number of aryl methyl sites for hydroxylation is 2. The second kappa shape index (κ2) is 13.9. The number of halogens is 2. The average molecular weight is 671 g/mol. The van der Waals surface area contributed by atoms with Gasteiger partial charge in [-0.15, -0.1) is 0 Å². The van der Waals surface area contributed by atoms with Crippen LogP contribution in [0.1, 0.15) is 22.3 Å². The van der Waals surface area contributed by atoms with Gasteiger partial charge in [-0.05, 0) is 77.8 Å². The molecule has 0 saturated carbocycles. The molecule has 0 aliphatic heterocycles. The number of hydrazone groups is 1. The van der Waals surface area contributed by atoms with Gasteiger partial charge >= 0.3 is 0 Å². The molecular formula is C31H29BrClN3O5S. The maximum atomic E-state index is 13.5. The summed E-state index contributed by atoms with van der Waals surface area (Å²) in [5.74, 6) is 0.306. The van der Waals surface area contributed by atoms with Crippen LogP contribution in [0, 0.1) is 13.8 Å². The lowest BCUT2D eigenvalue weighted by molar-refractivity contribution is -0.119. The highest BCUT2D eigenvalue weighted by Crippen LogP contribution is 2.37. The number of rotatable bonds is 11. The van der Waals surface area contributed by atoms with Crippen molar-refractivity contribution in [3.63, 3.8) is 0 Å². The van der Waals surface area contributed by atoms with Gasteiger partial charge in [0.05, 0.1) is 28.4 Å². The molecule has 0 radical (unpaired) electrons. The summed E-state index contributed by atoms with van der Waals surface area (Å²) in [4.78, 5) is 13.0. The van der Waals surface area contributed by atoms with Crippen LogP contribution in [0.4, 0.5) is 5.69 Å². The molecule has 0 bridgehead atoms. The van der Waals surface area contributed by atoms with Crippen LogP contribution in [0.5, 0.6) is 11.5 Å². The van der Waals surface area contributed by atoms with Gasteiger partial charge in [0.2, 0.25) is 0 Å². The number of anilines is 1. The number of benzene rings is 4. The molecule has 218 valence electrons. The molecule has 0 unspecified atom stereocenters. The molecule has 0 atom stereocenters. The zero-order chi connectivity index (χ0) is 30.3. The number of nitrogens with one attached hydrogen (secondary N) is 1. The van der Waals surface area contributed by atoms with E-state index >= 15 is 0 Å². The van der Waals surface area contributed by atoms with E-state index in [1.54, 1.807) is 54.6 Å². The van der Waals surface area contributed by atoms with Gasteiger partial charge in [0.25, 0.3) is 15.9 Å². The quantitative estimate of drug-likeness (QED) is 0.142. The van der Waals surface area contributed by atoms with E-state index in [9.17, 15) is 13.2 Å². The number of methoxy groups -OCH3 is 1. The van der Waals surface area contributed by atoms with E-state index in [-0.39, 0.29) is 11.5 Å². The van der Waals surface area contributed by atoms with Gasteiger partial charge < -0.3 is 9.47 Å². The van der Waals surface area contributed by atoms with Crippen molar-refractivity contribution in [2.24, 2.45) is 5.10 Å². The first-order chi connectivity index (χ1) is 20.1. The number of amides is 1. The molecule has 0 aliphatic carbocycles. The van der Waals surface area contributed by atoms with Gasteiger partial charge in [0.1, 0.15) is 13.2 Å². The SMILES string of the molecule is COc1cc(/C=N\NC(=O)CN(c2ccc(C)cc2)S(=O)(=O)c2ccc(C)cc2)cc(Br)c1OCc1ccccc1Cl. The molecule has 42 heavy (non-hydrogen) atoms. The molecule has 0 aromatic heterocycles. The van der Waals surface area contributed by atoms with E-state index in [1.165, 1.54) is 25.5 Å². The summed E-state index contributed by atoms with van der Waals surface area (Å²) in [5.41, 5.74) is 6.10. The minimum Gasteiger partial charge on any atom is -0.493 e. The fourth-order valence-corrected chi connectivity index (χ4v) is 6.11. The summed E-state index contributed by atoms with van der Waals surface area (Å²) in [6.45, 7) is 3.53. The van der Waals surface area contributed by atoms with E-state index < -0.39 is 22.5 Å². The molecule has 1 amide bonds. The van der Waals surface area contributed by atoms with Gasteiger partial charge in [-0.3, -0.25) is 9.10 Å². The second-order valence-electron chi connectivity index (χ2n) is 9.37. The van der Waals surface area contributed by atoms with Crippen LogP contribution in [0.15, 0.2) is 99.4 Å². The third-order valence-corrected chi connectivity index (χ3v) is 8.95. The molecule has 8 nitrogen and oxygen atoms in total. The summed E-state index contributed by atoms with van der Waals surface area (Å²) < 4.78 is 40.2. The molecule has 4 aromatic carbocycles. The Bertz CT molecular complexity index is 1700. The molecule has 11 heteroatoms. The average Bonchev–Trinajstić information content (AvgIpc) is 2.96. The number of hydrogen-bond donors (Lipinski definition) is 1. The maximum absolute atomic E-state index is 13.5. The Balaban J connectivity index is 1.49. The molecule has 0 saturated heterocycles. The van der Waals surface area contributed by atoms with E-state index in [0.29, 0.717) is 32.2 Å². The van der Waals surface area contributed by atoms with Crippen molar-refractivity contribution in [2.75, 3.05) is 18.0 Å². The van der Waals surface area contributed by atoms with Crippen LogP contribution in [0.3, 0.4) is 0 Å². The number of sulfonamides is 1. The Morgan fingerprint density at radius 1 is 1.00 bits per heavy atom. The molecule has 0 fully saturated rings. The van der Waals surface area contributed by atoms with Crippen molar-refractivity contribution in [1.29, 1.82) is 0 Å². The number of carbonyl (C=O) groups is 1. The molecular weight excluding hydrogens is 642 g/mol. The number of nitrogens with zero attached hydrogens (tertiary/aromatic N) is 2. The first kappa shape index (κ1) is 31.1. The van der Waals surface area contributed by atoms with Crippen LogP contribution in [0.2, 0.25) is 5.02 Å². The second-order valence-corrected chi connectivity index (χ2v) is 12.5. The summed E-state index contributed by atoms with van der Waals surface area (Å²) in [6.07, 6.45) is 1.42. The topological polar surface area (TPSA) is 97.3 Å². The number of carbonyl (C=O) groups excluding carboxylic acids is 1. The third kappa shape index (κ3) is 7.70. The maximum Gasteiger partial charge on any atom is 0.264 e. The van der Waals surface area contributed by atoms with E-state index in [1.807, 2.05) is 32.0 Å². The van der Waals surface area contributed by atoms with Crippen molar-refractivity contribution >= 4 is 55.4 Å². The smallest absolute Gasteiger partial charge is 0.264 e. The Hall–Kier alpha value is -3.86. The summed E-state index contributed by atoms with van der Waals surface area (Å²) in [5, 5.41) is 4.64. The number of hydrogen-bond acceptors (Lipinski definition) is 6. The van der Waals surface area contributed by atoms with Gasteiger partial charge in [0, 0.05) is 10.6 Å². The third-order valence-electron chi connectivity index (χ3n) is 6.20. The Morgan fingerprint density at radius 2 is 1.64 bits per heavy atom. The van der Waals surface area contributed by atoms with Gasteiger partial charge in [0.15, 0.2) is 11.5 Å². The molecule has 0 spiro atoms. The molecule has 0 heterocycles. The normalized spacial score (nSPS) is 11.4. The molecule has 4 rings (SSSR count). The zero-order valence-corrected chi connectivity index (χ0v) is 26.3. The number of ether oxygens (including phenoxy) is 2. The zero-order valence-electron chi connectivity index (χ0n) is 23.2. The highest BCUT2D eigenvalue weighted by Gasteiger charge is 2.27. The van der Waals surface area contributed by atoms with Crippen LogP contribution >= 0.6 is 27.5 Å². The van der Waals surface area contributed by atoms with Crippen LogP contribution in [-0.4, -0.2) is 34.2 Å². The summed E-state index contributed by atoms with van der Waals surface area (Å²) in [6, 6.07) is 24.2. The van der Waals surface area contributed by atoms with E-state index in [0.717, 1.165) is 21.0 Å². The fourth-order valence-electron chi connectivity index (χ4n) is 3.93. The van der Waals surface area contributed by atoms with Crippen molar-refractivity contribution in [2.45, 2.75) is 25.3 Å². The first-order valence-corrected chi connectivity index (χ1v) is 15.4. The van der Waals surface area contributed by atoms with Gasteiger partial charge in [-0.25, -0.2) is 13.8 Å². The van der Waals surface area contributed by atoms with Crippen molar-refractivity contribution < 1.29 is 22.7 Å². The van der Waals surface area contributed by atoms with Crippen LogP contribution < -0.4 is 19.2 Å². The van der Waals surface area contributed by atoms with Crippen LogP contribution in [0.25, 0.3) is 0 Å². The monoisotopic (exact) mass is 669 g/mol. The van der Waals surface area contributed by atoms with Crippen molar-refractivity contribution in [3.05, 3.63) is 117 Å². The van der Waals surface area contributed by atoms with Gasteiger partial charge in [-0.2, -0.15) is 5.10 Å². The Labute approximate surface area is 259 Å². The summed E-state index contributed by atoms with van der Waals surface area (Å²) in [7, 11) is -2.51. The lowest BCUT2D eigenvalue weighted by Crippen LogP contribution is -2.39. The minimum atomic E-state index is -4.03. The highest BCUT2D eigenvalue weighted by atomic mass is 79.9. The summed E-state index contributed by atoms with van der Waals surface area (Å²) >= 11 is 9.74. The Kier molecular flexibility index (Phi) is 10.3. The van der Waals surface area contributed by atoms with Crippen LogP contribution in [-0.2, 0) is 21.4 Å². The largest absolute Gasteiger partial charge is 0.493 e. The molecule has 1 N–H and O–H groups in total. The molecule has 4 aromatic rings. The lowest BCUT2D eigenvalue weighted by atomic mass is 10.2. The minimum absolute atomic E-state index is 0.0822. The first-order valence-electron chi connectivity index (χ1n) is 12.8. The van der Waals surface area contributed by atoms with Crippen molar-refractivity contribution in [1.82, 2.24) is 5.43 Å². The van der Waals surface area contributed by atoms with Gasteiger partial charge in [-0.1, -0.05) is 65.2 Å². The molecule has 0 aliphatic rings. The lowest BCUT2D eigenvalue weighted by Gasteiger charge is -2.24. The predicted molar refractivity (Wildman–Crippen MR) is 169 cm³/mol. The fraction of sp³-hybridized carbons (Fsp3) is 0.161.